The molecule has 0 fully saturated rings. The third-order valence-electron chi connectivity index (χ3n) is 4.27. The van der Waals surface area contributed by atoms with Crippen molar-refractivity contribution in [2.75, 3.05) is 32.6 Å². The van der Waals surface area contributed by atoms with Crippen LogP contribution in [0.25, 0.3) is 0 Å². The van der Waals surface area contributed by atoms with Gasteiger partial charge in [0.25, 0.3) is 5.91 Å². The lowest BCUT2D eigenvalue weighted by molar-refractivity contribution is -0.116. The molecule has 0 heterocycles. The predicted molar refractivity (Wildman–Crippen MR) is 110 cm³/mol. The number of methoxy groups -OCH3 is 1. The number of amides is 2. The first-order valence-corrected chi connectivity index (χ1v) is 9.29. The summed E-state index contributed by atoms with van der Waals surface area (Å²) in [7, 11) is 3.13. The Hall–Kier alpha value is -3.02. The van der Waals surface area contributed by atoms with E-state index in [0.29, 0.717) is 23.7 Å². The molecule has 2 aromatic rings. The van der Waals surface area contributed by atoms with Crippen LogP contribution in [0.3, 0.4) is 0 Å². The molecule has 0 atom stereocenters. The van der Waals surface area contributed by atoms with Crippen molar-refractivity contribution in [3.8, 4) is 11.5 Å². The summed E-state index contributed by atoms with van der Waals surface area (Å²) in [4.78, 5) is 26.4. The maximum atomic E-state index is 12.7. The van der Waals surface area contributed by atoms with Gasteiger partial charge in [0.1, 0.15) is 0 Å². The summed E-state index contributed by atoms with van der Waals surface area (Å²) < 4.78 is 10.9. The molecule has 0 spiro atoms. The van der Waals surface area contributed by atoms with Gasteiger partial charge in [-0.15, -0.1) is 0 Å². The van der Waals surface area contributed by atoms with Crippen molar-refractivity contribution in [1.82, 2.24) is 4.90 Å². The lowest BCUT2D eigenvalue weighted by atomic mass is 10.1. The number of rotatable bonds is 8. The second-order valence-corrected chi connectivity index (χ2v) is 6.74. The molecule has 0 aliphatic heterocycles. The first kappa shape index (κ1) is 21.3. The number of likely N-dealkylation sites (N-methyl/N-ethyl adjacent to an activating group) is 1. The molecule has 0 saturated heterocycles. The maximum absolute atomic E-state index is 12.7. The number of benzene rings is 2. The van der Waals surface area contributed by atoms with Gasteiger partial charge in [-0.1, -0.05) is 19.1 Å². The van der Waals surface area contributed by atoms with Crippen molar-refractivity contribution in [2.45, 2.75) is 27.2 Å². The van der Waals surface area contributed by atoms with E-state index in [1.54, 1.807) is 25.2 Å². The van der Waals surface area contributed by atoms with Gasteiger partial charge in [0, 0.05) is 18.3 Å². The highest BCUT2D eigenvalue weighted by Gasteiger charge is 2.17. The fourth-order valence-electron chi connectivity index (χ4n) is 2.70. The van der Waals surface area contributed by atoms with Crippen LogP contribution in [0.5, 0.6) is 11.5 Å². The van der Waals surface area contributed by atoms with Gasteiger partial charge >= 0.3 is 0 Å². The van der Waals surface area contributed by atoms with Crippen LogP contribution in [0.15, 0.2) is 36.4 Å². The number of hydrogen-bond acceptors (Lipinski definition) is 4. The fraction of sp³-hybridized carbons (Fsp3) is 0.364. The standard InChI is InChI=1S/C22H28N2O4/c1-6-11-28-19-10-9-17(13-20(19)27-5)22(26)24(4)14-21(25)23-18-12-15(2)7-8-16(18)3/h7-10,12-13H,6,11,14H2,1-5H3,(H,23,25). The molecular formula is C22H28N2O4. The van der Waals surface area contributed by atoms with E-state index in [4.69, 9.17) is 9.47 Å². The van der Waals surface area contributed by atoms with Crippen LogP contribution in [-0.4, -0.2) is 44.0 Å². The predicted octanol–water partition coefficient (Wildman–Crippen LogP) is 3.81. The molecule has 28 heavy (non-hydrogen) atoms. The Morgan fingerprint density at radius 2 is 1.82 bits per heavy atom. The normalized spacial score (nSPS) is 10.3. The van der Waals surface area contributed by atoms with E-state index in [-0.39, 0.29) is 18.4 Å². The molecule has 0 bridgehead atoms. The van der Waals surface area contributed by atoms with Crippen molar-refractivity contribution in [3.63, 3.8) is 0 Å². The molecule has 2 rings (SSSR count). The van der Waals surface area contributed by atoms with Gasteiger partial charge in [-0.2, -0.15) is 0 Å². The van der Waals surface area contributed by atoms with Crippen LogP contribution in [0.2, 0.25) is 0 Å². The number of hydrogen-bond donors (Lipinski definition) is 1. The quantitative estimate of drug-likeness (QED) is 0.751. The topological polar surface area (TPSA) is 67.9 Å². The molecule has 0 saturated carbocycles. The molecule has 0 radical (unpaired) electrons. The number of ether oxygens (including phenoxy) is 2. The van der Waals surface area contributed by atoms with Crippen LogP contribution in [-0.2, 0) is 4.79 Å². The Kier molecular flexibility index (Phi) is 7.44. The Labute approximate surface area is 166 Å². The monoisotopic (exact) mass is 384 g/mol. The van der Waals surface area contributed by atoms with Crippen molar-refractivity contribution in [3.05, 3.63) is 53.1 Å². The van der Waals surface area contributed by atoms with Crippen molar-refractivity contribution < 1.29 is 19.1 Å². The van der Waals surface area contributed by atoms with E-state index in [0.717, 1.165) is 23.2 Å². The van der Waals surface area contributed by atoms with E-state index in [1.807, 2.05) is 39.0 Å². The molecule has 6 nitrogen and oxygen atoms in total. The lowest BCUT2D eigenvalue weighted by Gasteiger charge is -2.18. The molecule has 1 N–H and O–H groups in total. The molecule has 0 aromatic heterocycles. The zero-order chi connectivity index (χ0) is 20.7. The number of carbonyl (C=O) groups is 2. The average Bonchev–Trinajstić information content (AvgIpc) is 2.68. The first-order valence-electron chi connectivity index (χ1n) is 9.29. The van der Waals surface area contributed by atoms with Crippen LogP contribution in [0.1, 0.15) is 34.8 Å². The van der Waals surface area contributed by atoms with Crippen LogP contribution in [0.4, 0.5) is 5.69 Å². The Bertz CT molecular complexity index is 848. The number of nitrogens with one attached hydrogen (secondary N) is 1. The van der Waals surface area contributed by atoms with Gasteiger partial charge in [-0.05, 0) is 55.7 Å². The minimum Gasteiger partial charge on any atom is -0.493 e. The molecular weight excluding hydrogens is 356 g/mol. The van der Waals surface area contributed by atoms with Gasteiger partial charge in [-0.25, -0.2) is 0 Å². The van der Waals surface area contributed by atoms with Crippen LogP contribution >= 0.6 is 0 Å². The van der Waals surface area contributed by atoms with Crippen molar-refractivity contribution >= 4 is 17.5 Å². The summed E-state index contributed by atoms with van der Waals surface area (Å²) in [5, 5.41) is 2.87. The van der Waals surface area contributed by atoms with E-state index < -0.39 is 0 Å². The first-order chi connectivity index (χ1) is 13.3. The number of carbonyl (C=O) groups excluding carboxylic acids is 2. The third kappa shape index (κ3) is 5.49. The SMILES string of the molecule is CCCOc1ccc(C(=O)N(C)CC(=O)Nc2cc(C)ccc2C)cc1OC. The molecule has 150 valence electrons. The average molecular weight is 384 g/mol. The van der Waals surface area contributed by atoms with Gasteiger partial charge in [0.2, 0.25) is 5.91 Å². The Balaban J connectivity index is 2.05. The summed E-state index contributed by atoms with van der Waals surface area (Å²) in [6.45, 7) is 6.43. The van der Waals surface area contributed by atoms with Gasteiger partial charge in [0.15, 0.2) is 11.5 Å². The molecule has 0 aliphatic carbocycles. The third-order valence-corrected chi connectivity index (χ3v) is 4.27. The van der Waals surface area contributed by atoms with Crippen molar-refractivity contribution in [1.29, 1.82) is 0 Å². The second-order valence-electron chi connectivity index (χ2n) is 6.74. The van der Waals surface area contributed by atoms with E-state index in [9.17, 15) is 9.59 Å². The zero-order valence-electron chi connectivity index (χ0n) is 17.2. The molecule has 2 aromatic carbocycles. The van der Waals surface area contributed by atoms with E-state index in [2.05, 4.69) is 5.32 Å². The second kappa shape index (κ2) is 9.78. The van der Waals surface area contributed by atoms with Gasteiger partial charge in [0.05, 0.1) is 20.3 Å². The molecule has 0 unspecified atom stereocenters. The summed E-state index contributed by atoms with van der Waals surface area (Å²) in [6, 6.07) is 10.9. The van der Waals surface area contributed by atoms with E-state index in [1.165, 1.54) is 12.0 Å². The van der Waals surface area contributed by atoms with Crippen molar-refractivity contribution in [2.24, 2.45) is 0 Å². The van der Waals surface area contributed by atoms with Crippen LogP contribution < -0.4 is 14.8 Å². The smallest absolute Gasteiger partial charge is 0.254 e. The Morgan fingerprint density at radius 1 is 1.07 bits per heavy atom. The minimum absolute atomic E-state index is 0.0530. The largest absolute Gasteiger partial charge is 0.493 e. The van der Waals surface area contributed by atoms with Gasteiger partial charge in [-0.3, -0.25) is 9.59 Å². The molecule has 2 amide bonds. The van der Waals surface area contributed by atoms with Gasteiger partial charge < -0.3 is 19.7 Å². The maximum Gasteiger partial charge on any atom is 0.254 e. The van der Waals surface area contributed by atoms with Crippen LogP contribution in [0, 0.1) is 13.8 Å². The summed E-state index contributed by atoms with van der Waals surface area (Å²) in [5.74, 6) is 0.569. The summed E-state index contributed by atoms with van der Waals surface area (Å²) in [6.07, 6.45) is 0.877. The highest BCUT2D eigenvalue weighted by atomic mass is 16.5. The minimum atomic E-state index is -0.267. The summed E-state index contributed by atoms with van der Waals surface area (Å²) >= 11 is 0. The highest BCUT2D eigenvalue weighted by molar-refractivity contribution is 5.99. The Morgan fingerprint density at radius 3 is 2.50 bits per heavy atom. The van der Waals surface area contributed by atoms with E-state index >= 15 is 0 Å². The zero-order valence-corrected chi connectivity index (χ0v) is 17.2. The molecule has 0 aliphatic rings. The molecule has 6 heteroatoms. The number of aryl methyl sites for hydroxylation is 2. The number of nitrogens with zero attached hydrogens (tertiary/aromatic N) is 1. The highest BCUT2D eigenvalue weighted by Crippen LogP contribution is 2.28. The fourth-order valence-corrected chi connectivity index (χ4v) is 2.70. The number of anilines is 1. The lowest BCUT2D eigenvalue weighted by Crippen LogP contribution is -2.35. The summed E-state index contributed by atoms with van der Waals surface area (Å²) in [5.41, 5.74) is 3.22.